The van der Waals surface area contributed by atoms with Gasteiger partial charge in [0.25, 0.3) is 0 Å². The Labute approximate surface area is 124 Å². The van der Waals surface area contributed by atoms with Crippen LogP contribution in [0, 0.1) is 6.92 Å². The lowest BCUT2D eigenvalue weighted by molar-refractivity contribution is 0.305. The largest absolute Gasteiger partial charge is 0.493 e. The number of aromatic nitrogens is 2. The quantitative estimate of drug-likeness (QED) is 0.754. The third-order valence-corrected chi connectivity index (χ3v) is 3.87. The summed E-state index contributed by atoms with van der Waals surface area (Å²) >= 11 is 1.64. The van der Waals surface area contributed by atoms with Crippen molar-refractivity contribution in [2.75, 3.05) is 18.5 Å². The number of hydrogen-bond acceptors (Lipinski definition) is 5. The van der Waals surface area contributed by atoms with Gasteiger partial charge in [0, 0.05) is 13.0 Å². The number of aryl methyl sites for hydroxylation is 2. The fourth-order valence-corrected chi connectivity index (χ4v) is 2.71. The van der Waals surface area contributed by atoms with Gasteiger partial charge in [0.2, 0.25) is 5.13 Å². The molecule has 4 nitrogen and oxygen atoms in total. The van der Waals surface area contributed by atoms with Crippen LogP contribution in [0.5, 0.6) is 5.75 Å². The highest BCUT2D eigenvalue weighted by Gasteiger charge is 2.03. The Balaban J connectivity index is 1.65. The van der Waals surface area contributed by atoms with Crippen LogP contribution >= 0.6 is 11.3 Å². The summed E-state index contributed by atoms with van der Waals surface area (Å²) in [6.45, 7) is 5.77. The molecule has 0 spiro atoms. The summed E-state index contributed by atoms with van der Waals surface area (Å²) in [4.78, 5) is 0. The molecule has 108 valence electrons. The minimum absolute atomic E-state index is 0.754. The number of nitrogens with one attached hydrogen (secondary N) is 1. The third kappa shape index (κ3) is 4.49. The molecule has 0 aliphatic rings. The van der Waals surface area contributed by atoms with Crippen molar-refractivity contribution in [2.24, 2.45) is 0 Å². The SMILES string of the molecule is CCNc1nnc(CCCCOc2ccccc2C)s1. The van der Waals surface area contributed by atoms with E-state index in [1.165, 1.54) is 5.56 Å². The molecule has 1 heterocycles. The summed E-state index contributed by atoms with van der Waals surface area (Å²) in [5, 5.41) is 13.4. The molecule has 1 N–H and O–H groups in total. The van der Waals surface area contributed by atoms with E-state index in [-0.39, 0.29) is 0 Å². The molecule has 2 aromatic rings. The van der Waals surface area contributed by atoms with Crippen molar-refractivity contribution in [2.45, 2.75) is 33.1 Å². The first-order valence-corrected chi connectivity index (χ1v) is 7.86. The summed E-state index contributed by atoms with van der Waals surface area (Å²) in [6.07, 6.45) is 3.08. The zero-order valence-corrected chi connectivity index (χ0v) is 12.9. The molecule has 0 fully saturated rings. The van der Waals surface area contributed by atoms with E-state index in [0.717, 1.165) is 48.3 Å². The molecule has 0 amide bonds. The standard InChI is InChI=1S/C15H21N3OS/c1-3-16-15-18-17-14(20-15)10-6-7-11-19-13-9-5-4-8-12(13)2/h4-5,8-9H,3,6-7,10-11H2,1-2H3,(H,16,18). The smallest absolute Gasteiger partial charge is 0.205 e. The van der Waals surface area contributed by atoms with E-state index in [4.69, 9.17) is 4.74 Å². The Morgan fingerprint density at radius 2 is 2.05 bits per heavy atom. The molecule has 5 heteroatoms. The second-order valence-corrected chi connectivity index (χ2v) is 5.66. The van der Waals surface area contributed by atoms with E-state index in [0.29, 0.717) is 0 Å². The average Bonchev–Trinajstić information content (AvgIpc) is 2.88. The number of unbranched alkanes of at least 4 members (excludes halogenated alkanes) is 1. The number of rotatable bonds is 8. The van der Waals surface area contributed by atoms with Gasteiger partial charge in [-0.25, -0.2) is 0 Å². The van der Waals surface area contributed by atoms with Crippen molar-refractivity contribution in [3.8, 4) is 5.75 Å². The molecule has 2 rings (SSSR count). The van der Waals surface area contributed by atoms with Gasteiger partial charge in [-0.15, -0.1) is 10.2 Å². The van der Waals surface area contributed by atoms with E-state index in [1.807, 2.05) is 18.2 Å². The predicted octanol–water partition coefficient (Wildman–Crippen LogP) is 3.68. The Morgan fingerprint density at radius 3 is 2.85 bits per heavy atom. The minimum atomic E-state index is 0.754. The Bertz CT molecular complexity index is 527. The molecule has 0 radical (unpaired) electrons. The highest BCUT2D eigenvalue weighted by atomic mass is 32.1. The number of ether oxygens (including phenoxy) is 1. The van der Waals surface area contributed by atoms with Gasteiger partial charge in [0.15, 0.2) is 0 Å². The molecule has 1 aromatic carbocycles. The number of hydrogen-bond donors (Lipinski definition) is 1. The van der Waals surface area contributed by atoms with Crippen LogP contribution in [0.15, 0.2) is 24.3 Å². The number of anilines is 1. The van der Waals surface area contributed by atoms with Crippen LogP contribution in [0.2, 0.25) is 0 Å². The van der Waals surface area contributed by atoms with E-state index < -0.39 is 0 Å². The van der Waals surface area contributed by atoms with E-state index in [9.17, 15) is 0 Å². The lowest BCUT2D eigenvalue weighted by atomic mass is 10.2. The molecule has 0 bridgehead atoms. The molecule has 0 aliphatic carbocycles. The summed E-state index contributed by atoms with van der Waals surface area (Å²) in [5.74, 6) is 0.984. The highest BCUT2D eigenvalue weighted by molar-refractivity contribution is 7.15. The molecule has 1 aromatic heterocycles. The zero-order chi connectivity index (χ0) is 14.2. The fraction of sp³-hybridized carbons (Fsp3) is 0.467. The van der Waals surface area contributed by atoms with Gasteiger partial charge in [-0.2, -0.15) is 0 Å². The van der Waals surface area contributed by atoms with E-state index in [1.54, 1.807) is 11.3 Å². The van der Waals surface area contributed by atoms with Gasteiger partial charge in [-0.3, -0.25) is 0 Å². The topological polar surface area (TPSA) is 47.0 Å². The second-order valence-electron chi connectivity index (χ2n) is 4.60. The molecule has 0 saturated heterocycles. The summed E-state index contributed by atoms with van der Waals surface area (Å²) in [6, 6.07) is 8.12. The van der Waals surface area contributed by atoms with Gasteiger partial charge < -0.3 is 10.1 Å². The zero-order valence-electron chi connectivity index (χ0n) is 12.1. The normalized spacial score (nSPS) is 10.5. The van der Waals surface area contributed by atoms with Crippen molar-refractivity contribution in [1.29, 1.82) is 0 Å². The third-order valence-electron chi connectivity index (χ3n) is 2.93. The van der Waals surface area contributed by atoms with Crippen LogP contribution in [0.3, 0.4) is 0 Å². The van der Waals surface area contributed by atoms with Gasteiger partial charge in [-0.05, 0) is 38.3 Å². The molecule has 20 heavy (non-hydrogen) atoms. The first-order chi connectivity index (χ1) is 9.79. The van der Waals surface area contributed by atoms with Crippen LogP contribution in [0.1, 0.15) is 30.3 Å². The predicted molar refractivity (Wildman–Crippen MR) is 83.7 cm³/mol. The number of benzene rings is 1. The lowest BCUT2D eigenvalue weighted by Gasteiger charge is -2.07. The van der Waals surface area contributed by atoms with Crippen LogP contribution in [0.25, 0.3) is 0 Å². The maximum Gasteiger partial charge on any atom is 0.205 e. The first kappa shape index (κ1) is 14.8. The molecule has 0 unspecified atom stereocenters. The van der Waals surface area contributed by atoms with Crippen LogP contribution in [-0.2, 0) is 6.42 Å². The van der Waals surface area contributed by atoms with Crippen molar-refractivity contribution in [1.82, 2.24) is 10.2 Å². The van der Waals surface area contributed by atoms with Crippen LogP contribution < -0.4 is 10.1 Å². The van der Waals surface area contributed by atoms with E-state index >= 15 is 0 Å². The van der Waals surface area contributed by atoms with Crippen molar-refractivity contribution >= 4 is 16.5 Å². The second kappa shape index (κ2) is 7.85. The Morgan fingerprint density at radius 1 is 1.20 bits per heavy atom. The van der Waals surface area contributed by atoms with Gasteiger partial charge in [0.05, 0.1) is 6.61 Å². The van der Waals surface area contributed by atoms with Gasteiger partial charge in [0.1, 0.15) is 10.8 Å². The van der Waals surface area contributed by atoms with Gasteiger partial charge >= 0.3 is 0 Å². The van der Waals surface area contributed by atoms with Gasteiger partial charge in [-0.1, -0.05) is 29.5 Å². The minimum Gasteiger partial charge on any atom is -0.493 e. The molecule has 0 aliphatic heterocycles. The average molecular weight is 291 g/mol. The van der Waals surface area contributed by atoms with Crippen molar-refractivity contribution in [3.05, 3.63) is 34.8 Å². The van der Waals surface area contributed by atoms with Crippen molar-refractivity contribution in [3.63, 3.8) is 0 Å². The fourth-order valence-electron chi connectivity index (χ4n) is 1.86. The molecular formula is C15H21N3OS. The maximum atomic E-state index is 5.77. The van der Waals surface area contributed by atoms with Crippen molar-refractivity contribution < 1.29 is 4.74 Å². The maximum absolute atomic E-state index is 5.77. The Kier molecular flexibility index (Phi) is 5.80. The molecule has 0 saturated carbocycles. The van der Waals surface area contributed by atoms with Crippen LogP contribution in [-0.4, -0.2) is 23.3 Å². The molecular weight excluding hydrogens is 270 g/mol. The molecule has 0 atom stereocenters. The summed E-state index contributed by atoms with van der Waals surface area (Å²) < 4.78 is 5.77. The summed E-state index contributed by atoms with van der Waals surface area (Å²) in [7, 11) is 0. The highest BCUT2D eigenvalue weighted by Crippen LogP contribution is 2.18. The number of nitrogens with zero attached hydrogens (tertiary/aromatic N) is 2. The van der Waals surface area contributed by atoms with Crippen LogP contribution in [0.4, 0.5) is 5.13 Å². The summed E-state index contributed by atoms with van der Waals surface area (Å²) in [5.41, 5.74) is 1.19. The first-order valence-electron chi connectivity index (χ1n) is 7.04. The Hall–Kier alpha value is -1.62. The number of para-hydroxylation sites is 1. The monoisotopic (exact) mass is 291 g/mol. The van der Waals surface area contributed by atoms with E-state index in [2.05, 4.69) is 35.4 Å². The lowest BCUT2D eigenvalue weighted by Crippen LogP contribution is -1.99.